The molecule has 0 radical (unpaired) electrons. The Balaban J connectivity index is 1.60. The largest absolute Gasteiger partial charge is 0.381 e. The highest BCUT2D eigenvalue weighted by atomic mass is 79.9. The molecule has 0 bridgehead atoms. The van der Waals surface area contributed by atoms with Crippen LogP contribution in [0.4, 0.5) is 5.69 Å². The number of nitrogens with one attached hydrogen (secondary N) is 1. The smallest absolute Gasteiger partial charge is 0.0489 e. The summed E-state index contributed by atoms with van der Waals surface area (Å²) in [5.41, 5.74) is 4.05. The van der Waals surface area contributed by atoms with Crippen LogP contribution in [-0.2, 0) is 0 Å². The normalized spacial score (nSPS) is 22.0. The molecule has 1 N–H and O–H groups in total. The third-order valence-electron chi connectivity index (χ3n) is 4.48. The van der Waals surface area contributed by atoms with Crippen LogP contribution in [0.25, 0.3) is 0 Å². The molecule has 1 saturated carbocycles. The fraction of sp³-hybridized carbons (Fsp3) is 0.368. The molecule has 0 aliphatic heterocycles. The van der Waals surface area contributed by atoms with E-state index in [0.717, 1.165) is 5.92 Å². The van der Waals surface area contributed by atoms with Crippen molar-refractivity contribution in [2.24, 2.45) is 0 Å². The van der Waals surface area contributed by atoms with Crippen molar-refractivity contribution in [3.8, 4) is 0 Å². The van der Waals surface area contributed by atoms with E-state index in [1.54, 1.807) is 0 Å². The highest BCUT2D eigenvalue weighted by Crippen LogP contribution is 2.35. The Hall–Kier alpha value is -1.28. The third-order valence-corrected chi connectivity index (χ3v) is 5.17. The number of hydrogen-bond donors (Lipinski definition) is 1. The summed E-state index contributed by atoms with van der Waals surface area (Å²) >= 11 is 3.64. The van der Waals surface area contributed by atoms with E-state index in [1.165, 1.54) is 47.0 Å². The molecule has 0 saturated heterocycles. The molecule has 1 aliphatic rings. The van der Waals surface area contributed by atoms with E-state index >= 15 is 0 Å². The molecule has 0 amide bonds. The molecule has 1 nitrogen and oxygen atoms in total. The molecule has 3 rings (SSSR count). The maximum absolute atomic E-state index is 3.72. The second-order valence-corrected chi connectivity index (χ2v) is 6.94. The first-order valence-corrected chi connectivity index (χ1v) is 8.59. The van der Waals surface area contributed by atoms with Gasteiger partial charge in [-0.1, -0.05) is 36.4 Å². The third kappa shape index (κ3) is 3.68. The van der Waals surface area contributed by atoms with Crippen molar-refractivity contribution in [3.63, 3.8) is 0 Å². The Morgan fingerprint density at radius 2 is 1.67 bits per heavy atom. The van der Waals surface area contributed by atoms with Crippen LogP contribution in [0.3, 0.4) is 0 Å². The lowest BCUT2D eigenvalue weighted by Crippen LogP contribution is -2.25. The minimum Gasteiger partial charge on any atom is -0.381 e. The van der Waals surface area contributed by atoms with Crippen LogP contribution in [0.15, 0.2) is 53.0 Å². The number of hydrogen-bond acceptors (Lipinski definition) is 1. The molecule has 0 heterocycles. The highest BCUT2D eigenvalue weighted by Gasteiger charge is 2.22. The molecule has 1 fully saturated rings. The molecule has 2 aromatic carbocycles. The van der Waals surface area contributed by atoms with Crippen LogP contribution in [0.5, 0.6) is 0 Å². The van der Waals surface area contributed by atoms with Gasteiger partial charge >= 0.3 is 0 Å². The summed E-state index contributed by atoms with van der Waals surface area (Å²) in [6, 6.07) is 18.1. The van der Waals surface area contributed by atoms with Crippen LogP contribution in [0.2, 0.25) is 0 Å². The lowest BCUT2D eigenvalue weighted by atomic mass is 9.82. The predicted octanol–water partition coefficient (Wildman–Crippen LogP) is 5.90. The van der Waals surface area contributed by atoms with Gasteiger partial charge in [0.05, 0.1) is 0 Å². The first-order chi connectivity index (χ1) is 10.2. The Morgan fingerprint density at radius 3 is 2.38 bits per heavy atom. The monoisotopic (exact) mass is 343 g/mol. The number of halogens is 1. The first kappa shape index (κ1) is 14.6. The topological polar surface area (TPSA) is 12.0 Å². The van der Waals surface area contributed by atoms with Crippen LogP contribution in [0.1, 0.15) is 42.7 Å². The second-order valence-electron chi connectivity index (χ2n) is 6.09. The van der Waals surface area contributed by atoms with E-state index in [4.69, 9.17) is 0 Å². The van der Waals surface area contributed by atoms with Crippen molar-refractivity contribution in [2.75, 3.05) is 5.32 Å². The van der Waals surface area contributed by atoms with Gasteiger partial charge in [0.25, 0.3) is 0 Å². The van der Waals surface area contributed by atoms with Gasteiger partial charge in [-0.2, -0.15) is 0 Å². The van der Waals surface area contributed by atoms with E-state index in [2.05, 4.69) is 76.7 Å². The zero-order chi connectivity index (χ0) is 14.7. The maximum Gasteiger partial charge on any atom is 0.0489 e. The summed E-state index contributed by atoms with van der Waals surface area (Å²) in [6.45, 7) is 2.14. The highest BCUT2D eigenvalue weighted by molar-refractivity contribution is 9.10. The lowest BCUT2D eigenvalue weighted by Gasteiger charge is -2.30. The van der Waals surface area contributed by atoms with Crippen molar-refractivity contribution in [1.82, 2.24) is 0 Å². The summed E-state index contributed by atoms with van der Waals surface area (Å²) in [6.07, 6.45) is 5.07. The van der Waals surface area contributed by atoms with E-state index in [0.29, 0.717) is 6.04 Å². The fourth-order valence-electron chi connectivity index (χ4n) is 3.27. The van der Waals surface area contributed by atoms with Crippen molar-refractivity contribution in [2.45, 2.75) is 44.6 Å². The average molecular weight is 344 g/mol. The van der Waals surface area contributed by atoms with E-state index in [-0.39, 0.29) is 0 Å². The van der Waals surface area contributed by atoms with Gasteiger partial charge in [-0.05, 0) is 77.7 Å². The molecule has 2 aromatic rings. The van der Waals surface area contributed by atoms with Gasteiger partial charge in [-0.25, -0.2) is 0 Å². The predicted molar refractivity (Wildman–Crippen MR) is 93.9 cm³/mol. The van der Waals surface area contributed by atoms with Gasteiger partial charge in [0.15, 0.2) is 0 Å². The molecular weight excluding hydrogens is 322 g/mol. The van der Waals surface area contributed by atoms with E-state index in [1.807, 2.05) is 0 Å². The average Bonchev–Trinajstić information content (AvgIpc) is 2.53. The summed E-state index contributed by atoms with van der Waals surface area (Å²) in [5.74, 6) is 0.741. The number of benzene rings is 2. The van der Waals surface area contributed by atoms with Gasteiger partial charge in [0.2, 0.25) is 0 Å². The standard InChI is InChI=1S/C19H22BrN/c1-14-7-12-18(20)19(13-14)21-17-10-8-16(9-11-17)15-5-3-2-4-6-15/h2-7,12-13,16-17,21H,8-11H2,1H3. The maximum atomic E-state index is 3.72. The van der Waals surface area contributed by atoms with Gasteiger partial charge in [-0.15, -0.1) is 0 Å². The summed E-state index contributed by atoms with van der Waals surface area (Å²) in [5, 5.41) is 3.72. The second kappa shape index (κ2) is 6.65. The Bertz CT molecular complexity index is 586. The van der Waals surface area contributed by atoms with Crippen molar-refractivity contribution in [3.05, 3.63) is 64.1 Å². The van der Waals surface area contributed by atoms with Gasteiger partial charge in [0, 0.05) is 16.2 Å². The minimum absolute atomic E-state index is 0.600. The zero-order valence-corrected chi connectivity index (χ0v) is 14.1. The fourth-order valence-corrected chi connectivity index (χ4v) is 3.63. The van der Waals surface area contributed by atoms with Crippen molar-refractivity contribution >= 4 is 21.6 Å². The van der Waals surface area contributed by atoms with E-state index < -0.39 is 0 Å². The molecule has 0 atom stereocenters. The SMILES string of the molecule is Cc1ccc(Br)c(NC2CCC(c3ccccc3)CC2)c1. The summed E-state index contributed by atoms with van der Waals surface area (Å²) in [4.78, 5) is 0. The van der Waals surface area contributed by atoms with Crippen molar-refractivity contribution in [1.29, 1.82) is 0 Å². The van der Waals surface area contributed by atoms with Crippen LogP contribution in [0, 0.1) is 6.92 Å². The molecule has 21 heavy (non-hydrogen) atoms. The van der Waals surface area contributed by atoms with E-state index in [9.17, 15) is 0 Å². The quantitative estimate of drug-likeness (QED) is 0.731. The molecule has 2 heteroatoms. The Labute approximate surface area is 135 Å². The Morgan fingerprint density at radius 1 is 0.952 bits per heavy atom. The van der Waals surface area contributed by atoms with Crippen LogP contribution < -0.4 is 5.32 Å². The summed E-state index contributed by atoms with van der Waals surface area (Å²) in [7, 11) is 0. The number of anilines is 1. The van der Waals surface area contributed by atoms with Gasteiger partial charge in [0.1, 0.15) is 0 Å². The lowest BCUT2D eigenvalue weighted by molar-refractivity contribution is 0.412. The molecular formula is C19H22BrN. The van der Waals surface area contributed by atoms with Gasteiger partial charge < -0.3 is 5.32 Å². The van der Waals surface area contributed by atoms with Gasteiger partial charge in [-0.3, -0.25) is 0 Å². The zero-order valence-electron chi connectivity index (χ0n) is 12.5. The first-order valence-electron chi connectivity index (χ1n) is 7.80. The minimum atomic E-state index is 0.600. The van der Waals surface area contributed by atoms with Crippen LogP contribution in [-0.4, -0.2) is 6.04 Å². The number of rotatable bonds is 3. The molecule has 0 unspecified atom stereocenters. The molecule has 0 aromatic heterocycles. The molecule has 0 spiro atoms. The Kier molecular flexibility index (Phi) is 4.64. The molecule has 110 valence electrons. The molecule has 1 aliphatic carbocycles. The summed E-state index contributed by atoms with van der Waals surface area (Å²) < 4.78 is 1.17. The number of aryl methyl sites for hydroxylation is 1. The van der Waals surface area contributed by atoms with Crippen molar-refractivity contribution < 1.29 is 0 Å². The van der Waals surface area contributed by atoms with Crippen LogP contribution >= 0.6 is 15.9 Å².